The number of carbonyl (C=O) groups is 1. The lowest BCUT2D eigenvalue weighted by Gasteiger charge is -2.37. The molecule has 1 aliphatic heterocycles. The van der Waals surface area contributed by atoms with Gasteiger partial charge in [-0.3, -0.25) is 9.69 Å². The topological polar surface area (TPSA) is 74.3 Å². The highest BCUT2D eigenvalue weighted by Gasteiger charge is 2.57. The summed E-state index contributed by atoms with van der Waals surface area (Å²) in [6, 6.07) is 8.13. The van der Waals surface area contributed by atoms with E-state index in [2.05, 4.69) is 21.2 Å². The Morgan fingerprint density at radius 2 is 1.82 bits per heavy atom. The van der Waals surface area contributed by atoms with E-state index >= 15 is 0 Å². The number of methoxy groups -OCH3 is 2. The molecule has 4 fully saturated rings. The number of piperazine rings is 1. The number of β-amino-alcohol motifs (C(OH)–C–C–N with tert-alkyl or cyclic N) is 1. The third-order valence-electron chi connectivity index (χ3n) is 9.12. The lowest BCUT2D eigenvalue weighted by Crippen LogP contribution is -2.49. The van der Waals surface area contributed by atoms with E-state index in [0.717, 1.165) is 62.3 Å². The van der Waals surface area contributed by atoms with Crippen molar-refractivity contribution >= 4 is 11.6 Å². The average Bonchev–Trinajstić information content (AvgIpc) is 3.56. The van der Waals surface area contributed by atoms with Gasteiger partial charge in [-0.2, -0.15) is 0 Å². The summed E-state index contributed by atoms with van der Waals surface area (Å²) >= 11 is 0. The van der Waals surface area contributed by atoms with Gasteiger partial charge in [0.05, 0.1) is 25.0 Å². The van der Waals surface area contributed by atoms with Crippen molar-refractivity contribution in [2.45, 2.75) is 44.3 Å². The van der Waals surface area contributed by atoms with Gasteiger partial charge in [0.25, 0.3) is 0 Å². The van der Waals surface area contributed by atoms with E-state index in [1.165, 1.54) is 12.8 Å². The van der Waals surface area contributed by atoms with Crippen LogP contribution < -0.4 is 15.0 Å². The molecule has 7 heteroatoms. The van der Waals surface area contributed by atoms with Crippen LogP contribution in [0.25, 0.3) is 0 Å². The SMILES string of the molecule is COc1ccccc1N1CCN(C[C@H](O)CCNC(=O)C2CC3C4CC(OC)C(C4)C3C2)CC1. The van der Waals surface area contributed by atoms with Gasteiger partial charge in [-0.25, -0.2) is 0 Å². The zero-order chi connectivity index (χ0) is 23.7. The summed E-state index contributed by atoms with van der Waals surface area (Å²) in [6.45, 7) is 4.87. The van der Waals surface area contributed by atoms with Crippen molar-refractivity contribution < 1.29 is 19.4 Å². The zero-order valence-electron chi connectivity index (χ0n) is 20.7. The molecule has 2 bridgehead atoms. The Bertz CT molecular complexity index is 841. The minimum Gasteiger partial charge on any atom is -0.495 e. The Morgan fingerprint density at radius 1 is 1.06 bits per heavy atom. The third kappa shape index (κ3) is 4.79. The van der Waals surface area contributed by atoms with E-state index in [4.69, 9.17) is 9.47 Å². The van der Waals surface area contributed by atoms with Crippen LogP contribution in [0.5, 0.6) is 5.75 Å². The number of amides is 1. The maximum Gasteiger partial charge on any atom is 0.223 e. The molecule has 6 unspecified atom stereocenters. The zero-order valence-corrected chi connectivity index (χ0v) is 20.7. The number of fused-ring (bicyclic) bond motifs is 5. The lowest BCUT2D eigenvalue weighted by molar-refractivity contribution is -0.125. The van der Waals surface area contributed by atoms with E-state index in [-0.39, 0.29) is 11.8 Å². The molecule has 7 atom stereocenters. The summed E-state index contributed by atoms with van der Waals surface area (Å²) in [5.74, 6) is 4.10. The van der Waals surface area contributed by atoms with E-state index in [1.807, 2.05) is 25.3 Å². The van der Waals surface area contributed by atoms with Crippen molar-refractivity contribution in [2.75, 3.05) is 58.4 Å². The van der Waals surface area contributed by atoms with E-state index in [1.54, 1.807) is 7.11 Å². The molecule has 1 saturated heterocycles. The molecule has 1 aromatic rings. The van der Waals surface area contributed by atoms with Gasteiger partial charge in [0.15, 0.2) is 0 Å². The molecule has 5 rings (SSSR count). The number of carbonyl (C=O) groups excluding carboxylic acids is 1. The van der Waals surface area contributed by atoms with Crippen LogP contribution in [0, 0.1) is 29.6 Å². The van der Waals surface area contributed by atoms with Gasteiger partial charge in [-0.05, 0) is 67.9 Å². The predicted molar refractivity (Wildman–Crippen MR) is 132 cm³/mol. The second-order valence-electron chi connectivity index (χ2n) is 10.9. The number of benzene rings is 1. The standard InChI is InChI=1S/C27H41N3O4/c1-33-25-6-4-3-5-24(25)30-11-9-29(10-12-30)17-20(31)7-8-28-27(32)19-14-21-18-13-23(22(21)15-19)26(16-18)34-2/h3-6,18-23,26,31H,7-17H2,1-2H3,(H,28,32)/t18?,19?,20-,21?,22?,23?,26?/m1/s1. The fourth-order valence-electron chi connectivity index (χ4n) is 7.45. The van der Waals surface area contributed by atoms with Crippen LogP contribution in [0.2, 0.25) is 0 Å². The van der Waals surface area contributed by atoms with Gasteiger partial charge in [0.2, 0.25) is 5.91 Å². The molecule has 3 saturated carbocycles. The smallest absolute Gasteiger partial charge is 0.223 e. The van der Waals surface area contributed by atoms with Crippen LogP contribution in [-0.2, 0) is 9.53 Å². The average molecular weight is 472 g/mol. The Labute approximate surface area is 203 Å². The number of para-hydroxylation sites is 2. The van der Waals surface area contributed by atoms with Crippen LogP contribution in [0.3, 0.4) is 0 Å². The summed E-state index contributed by atoms with van der Waals surface area (Å²) in [4.78, 5) is 17.5. The summed E-state index contributed by atoms with van der Waals surface area (Å²) in [6.07, 6.45) is 5.18. The summed E-state index contributed by atoms with van der Waals surface area (Å²) in [7, 11) is 3.55. The first kappa shape index (κ1) is 23.9. The Hall–Kier alpha value is -1.83. The van der Waals surface area contributed by atoms with Crippen LogP contribution in [-0.4, -0.2) is 81.6 Å². The van der Waals surface area contributed by atoms with E-state index < -0.39 is 6.10 Å². The first-order valence-electron chi connectivity index (χ1n) is 13.2. The monoisotopic (exact) mass is 471 g/mol. The number of hydrogen-bond donors (Lipinski definition) is 2. The molecular formula is C27H41N3O4. The summed E-state index contributed by atoms with van der Waals surface area (Å²) < 4.78 is 11.2. The molecule has 0 spiro atoms. The van der Waals surface area contributed by atoms with Crippen molar-refractivity contribution in [3.05, 3.63) is 24.3 Å². The lowest BCUT2D eigenvalue weighted by atomic mass is 9.80. The van der Waals surface area contributed by atoms with Gasteiger partial charge < -0.3 is 24.8 Å². The number of ether oxygens (including phenoxy) is 2. The Kier molecular flexibility index (Phi) is 7.32. The molecule has 1 heterocycles. The quantitative estimate of drug-likeness (QED) is 0.576. The van der Waals surface area contributed by atoms with Crippen molar-refractivity contribution in [3.63, 3.8) is 0 Å². The number of rotatable bonds is 9. The molecule has 0 aromatic heterocycles. The van der Waals surface area contributed by atoms with Gasteiger partial charge in [-0.1, -0.05) is 12.1 Å². The third-order valence-corrected chi connectivity index (χ3v) is 9.12. The second kappa shape index (κ2) is 10.4. The van der Waals surface area contributed by atoms with Crippen LogP contribution in [0.15, 0.2) is 24.3 Å². The molecular weight excluding hydrogens is 430 g/mol. The molecule has 4 aliphatic rings. The van der Waals surface area contributed by atoms with Crippen molar-refractivity contribution in [1.82, 2.24) is 10.2 Å². The normalized spacial score (nSPS) is 33.7. The van der Waals surface area contributed by atoms with Gasteiger partial charge in [0, 0.05) is 52.3 Å². The second-order valence-corrected chi connectivity index (χ2v) is 10.9. The number of hydrogen-bond acceptors (Lipinski definition) is 6. The first-order chi connectivity index (χ1) is 16.6. The molecule has 1 amide bonds. The number of anilines is 1. The van der Waals surface area contributed by atoms with Crippen molar-refractivity contribution in [3.8, 4) is 5.75 Å². The van der Waals surface area contributed by atoms with Crippen LogP contribution in [0.4, 0.5) is 5.69 Å². The largest absolute Gasteiger partial charge is 0.495 e. The Morgan fingerprint density at radius 3 is 2.59 bits per heavy atom. The highest BCUT2D eigenvalue weighted by molar-refractivity contribution is 5.79. The summed E-state index contributed by atoms with van der Waals surface area (Å²) in [5, 5.41) is 13.7. The van der Waals surface area contributed by atoms with Crippen molar-refractivity contribution in [1.29, 1.82) is 0 Å². The van der Waals surface area contributed by atoms with Crippen LogP contribution >= 0.6 is 0 Å². The molecule has 2 N–H and O–H groups in total. The maximum absolute atomic E-state index is 12.8. The van der Waals surface area contributed by atoms with Crippen LogP contribution in [0.1, 0.15) is 32.1 Å². The highest BCUT2D eigenvalue weighted by atomic mass is 16.5. The minimum atomic E-state index is -0.417. The summed E-state index contributed by atoms with van der Waals surface area (Å²) in [5.41, 5.74) is 1.13. The van der Waals surface area contributed by atoms with Gasteiger partial charge >= 0.3 is 0 Å². The minimum absolute atomic E-state index is 0.149. The predicted octanol–water partition coefficient (Wildman–Crippen LogP) is 2.38. The number of aliphatic hydroxyl groups excluding tert-OH is 1. The van der Waals surface area contributed by atoms with Crippen molar-refractivity contribution in [2.24, 2.45) is 29.6 Å². The molecule has 7 nitrogen and oxygen atoms in total. The molecule has 1 aromatic carbocycles. The maximum atomic E-state index is 12.8. The van der Waals surface area contributed by atoms with E-state index in [0.29, 0.717) is 37.5 Å². The number of nitrogens with one attached hydrogen (secondary N) is 1. The fraction of sp³-hybridized carbons (Fsp3) is 0.741. The fourth-order valence-corrected chi connectivity index (χ4v) is 7.45. The first-order valence-corrected chi connectivity index (χ1v) is 13.2. The molecule has 3 aliphatic carbocycles. The molecule has 188 valence electrons. The van der Waals surface area contributed by atoms with Gasteiger partial charge in [0.1, 0.15) is 5.75 Å². The number of nitrogens with zero attached hydrogens (tertiary/aromatic N) is 2. The highest BCUT2D eigenvalue weighted by Crippen LogP contribution is 2.60. The Balaban J connectivity index is 1.00. The van der Waals surface area contributed by atoms with Gasteiger partial charge in [-0.15, -0.1) is 0 Å². The molecule has 0 radical (unpaired) electrons. The molecule has 34 heavy (non-hydrogen) atoms. The number of aliphatic hydroxyl groups is 1. The van der Waals surface area contributed by atoms with E-state index in [9.17, 15) is 9.90 Å².